The fourth-order valence-electron chi connectivity index (χ4n) is 2.88. The van der Waals surface area contributed by atoms with Crippen molar-refractivity contribution in [3.63, 3.8) is 0 Å². The van der Waals surface area contributed by atoms with E-state index in [0.29, 0.717) is 5.56 Å². The summed E-state index contributed by atoms with van der Waals surface area (Å²) in [5, 5.41) is 9.05. The molecule has 0 aromatic heterocycles. The van der Waals surface area contributed by atoms with Gasteiger partial charge in [-0.2, -0.15) is 13.7 Å². The van der Waals surface area contributed by atoms with Crippen LogP contribution in [0, 0.1) is 18.3 Å². The molecule has 0 saturated carbocycles. The van der Waals surface area contributed by atoms with E-state index in [4.69, 9.17) is 14.2 Å². The predicted molar refractivity (Wildman–Crippen MR) is 106 cm³/mol. The Morgan fingerprint density at radius 2 is 1.79 bits per heavy atom. The summed E-state index contributed by atoms with van der Waals surface area (Å²) in [6, 6.07) is 15.6. The average molecular weight is 398 g/mol. The highest BCUT2D eigenvalue weighted by atomic mass is 32.2. The van der Waals surface area contributed by atoms with Gasteiger partial charge >= 0.3 is 10.1 Å². The van der Waals surface area contributed by atoms with E-state index in [1.165, 1.54) is 12.1 Å². The Kier molecular flexibility index (Phi) is 6.47. The van der Waals surface area contributed by atoms with Crippen LogP contribution in [0.5, 0.6) is 0 Å². The van der Waals surface area contributed by atoms with Crippen LogP contribution in [-0.4, -0.2) is 39.6 Å². The van der Waals surface area contributed by atoms with Crippen LogP contribution in [0.2, 0.25) is 0 Å². The zero-order valence-corrected chi connectivity index (χ0v) is 16.5. The Bertz CT molecular complexity index is 969. The van der Waals surface area contributed by atoms with Crippen LogP contribution >= 0.6 is 0 Å². The van der Waals surface area contributed by atoms with Crippen molar-refractivity contribution >= 4 is 15.9 Å². The van der Waals surface area contributed by atoms with Crippen molar-refractivity contribution in [1.82, 2.24) is 4.90 Å². The molecule has 28 heavy (non-hydrogen) atoms. The molecule has 0 amide bonds. The van der Waals surface area contributed by atoms with Crippen LogP contribution in [-0.2, 0) is 25.6 Å². The molecule has 0 radical (unpaired) electrons. The van der Waals surface area contributed by atoms with Gasteiger partial charge in [-0.15, -0.1) is 0 Å². The van der Waals surface area contributed by atoms with Crippen LogP contribution in [0.4, 0.5) is 0 Å². The molecule has 0 atom stereocenters. The lowest BCUT2D eigenvalue weighted by atomic mass is 10.1. The molecule has 7 heteroatoms. The Balaban J connectivity index is 1.76. The molecular weight excluding hydrogens is 376 g/mol. The van der Waals surface area contributed by atoms with Crippen molar-refractivity contribution in [3.05, 3.63) is 71.3 Å². The first-order valence-electron chi connectivity index (χ1n) is 8.98. The van der Waals surface area contributed by atoms with Crippen molar-refractivity contribution in [2.24, 2.45) is 0 Å². The van der Waals surface area contributed by atoms with Gasteiger partial charge < -0.3 is 8.92 Å². The van der Waals surface area contributed by atoms with E-state index in [2.05, 4.69) is 4.90 Å². The summed E-state index contributed by atoms with van der Waals surface area (Å²) in [4.78, 5) is 2.34. The molecule has 146 valence electrons. The predicted octanol–water partition coefficient (Wildman–Crippen LogP) is 3.10. The molecule has 1 aliphatic heterocycles. The molecule has 0 N–H and O–H groups in total. The first-order chi connectivity index (χ1) is 13.5. The van der Waals surface area contributed by atoms with Crippen molar-refractivity contribution < 1.29 is 17.3 Å². The third-order valence-electron chi connectivity index (χ3n) is 4.45. The molecule has 2 aromatic carbocycles. The second-order valence-corrected chi connectivity index (χ2v) is 8.12. The van der Waals surface area contributed by atoms with Gasteiger partial charge in [0, 0.05) is 25.2 Å². The van der Waals surface area contributed by atoms with Gasteiger partial charge in [-0.1, -0.05) is 42.0 Å². The normalized spacial score (nSPS) is 15.8. The van der Waals surface area contributed by atoms with Crippen LogP contribution < -0.4 is 0 Å². The molecule has 0 aliphatic carbocycles. The topological polar surface area (TPSA) is 79.6 Å². The molecule has 1 heterocycles. The highest BCUT2D eigenvalue weighted by Gasteiger charge is 2.19. The molecule has 6 nitrogen and oxygen atoms in total. The van der Waals surface area contributed by atoms with Crippen molar-refractivity contribution in [2.45, 2.75) is 18.4 Å². The molecule has 2 aromatic rings. The quantitative estimate of drug-likeness (QED) is 0.423. The average Bonchev–Trinajstić information content (AvgIpc) is 2.69. The van der Waals surface area contributed by atoms with Crippen LogP contribution in [0.3, 0.4) is 0 Å². The Labute approximate surface area is 165 Å². The maximum Gasteiger partial charge on any atom is 0.339 e. The number of hydrogen-bond acceptors (Lipinski definition) is 6. The third kappa shape index (κ3) is 5.20. The zero-order chi connectivity index (χ0) is 20.0. The van der Waals surface area contributed by atoms with E-state index in [-0.39, 0.29) is 10.7 Å². The third-order valence-corrected chi connectivity index (χ3v) is 5.70. The maximum absolute atomic E-state index is 12.5. The van der Waals surface area contributed by atoms with Crippen LogP contribution in [0.15, 0.2) is 59.5 Å². The molecule has 0 bridgehead atoms. The van der Waals surface area contributed by atoms with Gasteiger partial charge in [0.2, 0.25) is 0 Å². The Morgan fingerprint density at radius 1 is 1.14 bits per heavy atom. The number of morpholine rings is 1. The van der Waals surface area contributed by atoms with E-state index < -0.39 is 10.1 Å². The van der Waals surface area contributed by atoms with Crippen molar-refractivity contribution in [2.75, 3.05) is 26.3 Å². The Morgan fingerprint density at radius 3 is 2.39 bits per heavy atom. The first-order valence-corrected chi connectivity index (χ1v) is 10.4. The number of nitrogens with zero attached hydrogens (tertiary/aromatic N) is 2. The number of ether oxygens (including phenoxy) is 1. The summed E-state index contributed by atoms with van der Waals surface area (Å²) in [6.07, 6.45) is 1.10. The molecular formula is C21H22N2O4S. The van der Waals surface area contributed by atoms with Gasteiger partial charge in [-0.3, -0.25) is 4.90 Å². The summed E-state index contributed by atoms with van der Waals surface area (Å²) in [5.74, 6) is 0.000924. The van der Waals surface area contributed by atoms with Gasteiger partial charge in [0.25, 0.3) is 0 Å². The van der Waals surface area contributed by atoms with Gasteiger partial charge in [-0.25, -0.2) is 0 Å². The highest BCUT2D eigenvalue weighted by molar-refractivity contribution is 7.87. The number of nitriles is 1. The zero-order valence-electron chi connectivity index (χ0n) is 15.7. The smallest absolute Gasteiger partial charge is 0.339 e. The lowest BCUT2D eigenvalue weighted by Gasteiger charge is -2.26. The SMILES string of the molecule is Cc1ccc(S(=O)(=O)O/C(=C/C#N)c2ccc(CN3CCOCC3)cc2)cc1. The molecule has 1 aliphatic rings. The first kappa shape index (κ1) is 20.1. The van der Waals surface area contributed by atoms with E-state index >= 15 is 0 Å². The largest absolute Gasteiger partial charge is 0.379 e. The van der Waals surface area contributed by atoms with E-state index in [1.54, 1.807) is 24.3 Å². The summed E-state index contributed by atoms with van der Waals surface area (Å²) in [6.45, 7) is 5.91. The Hall–Kier alpha value is -2.66. The van der Waals surface area contributed by atoms with Gasteiger partial charge in [0.15, 0.2) is 5.76 Å². The van der Waals surface area contributed by atoms with Gasteiger partial charge in [-0.05, 0) is 24.6 Å². The number of benzene rings is 2. The summed E-state index contributed by atoms with van der Waals surface area (Å²) < 4.78 is 35.7. The van der Waals surface area contributed by atoms with Crippen LogP contribution in [0.1, 0.15) is 16.7 Å². The monoisotopic (exact) mass is 398 g/mol. The summed E-state index contributed by atoms with van der Waals surface area (Å²) in [5.41, 5.74) is 2.58. The van der Waals surface area contributed by atoms with Gasteiger partial charge in [0.1, 0.15) is 4.90 Å². The maximum atomic E-state index is 12.5. The summed E-state index contributed by atoms with van der Waals surface area (Å²) in [7, 11) is -4.02. The van der Waals surface area contributed by atoms with Crippen molar-refractivity contribution in [3.8, 4) is 6.07 Å². The van der Waals surface area contributed by atoms with Crippen molar-refractivity contribution in [1.29, 1.82) is 5.26 Å². The number of hydrogen-bond donors (Lipinski definition) is 0. The minimum atomic E-state index is -4.02. The molecule has 1 fully saturated rings. The lowest BCUT2D eigenvalue weighted by Crippen LogP contribution is -2.35. The summed E-state index contributed by atoms with van der Waals surface area (Å²) >= 11 is 0. The van der Waals surface area contributed by atoms with E-state index in [1.807, 2.05) is 25.1 Å². The minimum absolute atomic E-state index is 0.000924. The molecule has 0 spiro atoms. The number of aryl methyl sites for hydroxylation is 1. The number of rotatable bonds is 6. The van der Waals surface area contributed by atoms with Crippen LogP contribution in [0.25, 0.3) is 5.76 Å². The van der Waals surface area contributed by atoms with E-state index in [0.717, 1.165) is 50.1 Å². The second kappa shape index (κ2) is 9.02. The minimum Gasteiger partial charge on any atom is -0.379 e. The molecule has 3 rings (SSSR count). The highest BCUT2D eigenvalue weighted by Crippen LogP contribution is 2.24. The molecule has 0 unspecified atom stereocenters. The number of allylic oxidation sites excluding steroid dienone is 1. The van der Waals surface area contributed by atoms with E-state index in [9.17, 15) is 8.42 Å². The fourth-order valence-corrected chi connectivity index (χ4v) is 3.82. The standard InChI is InChI=1S/C21H22N2O4S/c1-17-2-8-20(9-3-17)28(24,25)27-21(10-11-22)19-6-4-18(5-7-19)16-23-12-14-26-15-13-23/h2-10H,12-16H2,1H3/b21-10+. The lowest BCUT2D eigenvalue weighted by molar-refractivity contribution is 0.0342. The van der Waals surface area contributed by atoms with Gasteiger partial charge in [0.05, 0.1) is 25.4 Å². The fraction of sp³-hybridized carbons (Fsp3) is 0.286. The second-order valence-electron chi connectivity index (χ2n) is 6.57. The molecule has 1 saturated heterocycles.